The molecule has 1 aromatic rings. The second-order valence-electron chi connectivity index (χ2n) is 7.56. The van der Waals surface area contributed by atoms with Gasteiger partial charge in [-0.25, -0.2) is 0 Å². The zero-order chi connectivity index (χ0) is 14.9. The molecule has 1 spiro atoms. The molecule has 2 aliphatic rings. The first-order valence-corrected chi connectivity index (χ1v) is 8.36. The third-order valence-electron chi connectivity index (χ3n) is 5.07. The largest absolute Gasteiger partial charge is 0.378 e. The van der Waals surface area contributed by atoms with Gasteiger partial charge in [0.1, 0.15) is 0 Å². The molecule has 0 aromatic carbocycles. The van der Waals surface area contributed by atoms with E-state index in [-0.39, 0.29) is 0 Å². The maximum absolute atomic E-state index is 5.97. The molecule has 0 amide bonds. The first-order valence-electron chi connectivity index (χ1n) is 8.36. The van der Waals surface area contributed by atoms with Gasteiger partial charge in [-0.3, -0.25) is 9.58 Å². The number of ether oxygens (including phenoxy) is 1. The predicted octanol–water partition coefficient (Wildman–Crippen LogP) is 2.84. The van der Waals surface area contributed by atoms with Crippen LogP contribution in [0.15, 0.2) is 12.4 Å². The van der Waals surface area contributed by atoms with Gasteiger partial charge >= 0.3 is 0 Å². The van der Waals surface area contributed by atoms with Crippen LogP contribution >= 0.6 is 0 Å². The lowest BCUT2D eigenvalue weighted by Gasteiger charge is -2.52. The molecule has 0 unspecified atom stereocenters. The molecule has 21 heavy (non-hydrogen) atoms. The Bertz CT molecular complexity index is 452. The number of piperidine rings is 1. The molecule has 1 saturated heterocycles. The van der Waals surface area contributed by atoms with E-state index in [0.29, 0.717) is 17.4 Å². The molecule has 4 heteroatoms. The topological polar surface area (TPSA) is 30.3 Å². The Hall–Kier alpha value is -0.870. The normalized spacial score (nSPS) is 22.9. The molecule has 1 aromatic heterocycles. The van der Waals surface area contributed by atoms with Crippen molar-refractivity contribution in [3.05, 3.63) is 18.0 Å². The molecular formula is C17H29N3O. The molecule has 0 atom stereocenters. The summed E-state index contributed by atoms with van der Waals surface area (Å²) in [6, 6.07) is 0. The molecule has 1 saturated carbocycles. The van der Waals surface area contributed by atoms with Gasteiger partial charge in [-0.15, -0.1) is 0 Å². The van der Waals surface area contributed by atoms with Crippen LogP contribution in [-0.4, -0.2) is 40.5 Å². The number of rotatable bonds is 5. The van der Waals surface area contributed by atoms with Gasteiger partial charge in [0, 0.05) is 32.0 Å². The van der Waals surface area contributed by atoms with Crippen molar-refractivity contribution < 1.29 is 4.74 Å². The van der Waals surface area contributed by atoms with Crippen LogP contribution in [0.4, 0.5) is 0 Å². The minimum absolute atomic E-state index is 0.539. The minimum Gasteiger partial charge on any atom is -0.378 e. The number of aryl methyl sites for hydroxylation is 1. The van der Waals surface area contributed by atoms with Gasteiger partial charge in [-0.05, 0) is 50.1 Å². The van der Waals surface area contributed by atoms with Crippen LogP contribution in [-0.2, 0) is 18.3 Å². The summed E-state index contributed by atoms with van der Waals surface area (Å²) in [6.07, 6.45) is 9.93. The summed E-state index contributed by atoms with van der Waals surface area (Å²) in [5.74, 6) is 0.655. The number of aromatic nitrogens is 2. The van der Waals surface area contributed by atoms with Gasteiger partial charge in [-0.1, -0.05) is 13.8 Å². The fourth-order valence-corrected chi connectivity index (χ4v) is 3.76. The summed E-state index contributed by atoms with van der Waals surface area (Å²) in [5, 5.41) is 4.26. The van der Waals surface area contributed by atoms with Crippen molar-refractivity contribution in [3.63, 3.8) is 0 Å². The highest BCUT2D eigenvalue weighted by molar-refractivity contribution is 5.05. The zero-order valence-electron chi connectivity index (χ0n) is 13.7. The van der Waals surface area contributed by atoms with E-state index in [4.69, 9.17) is 4.74 Å². The summed E-state index contributed by atoms with van der Waals surface area (Å²) in [7, 11) is 1.99. The third kappa shape index (κ3) is 3.67. The predicted molar refractivity (Wildman–Crippen MR) is 84.0 cm³/mol. The molecule has 0 bridgehead atoms. The van der Waals surface area contributed by atoms with Gasteiger partial charge in [0.25, 0.3) is 0 Å². The SMILES string of the molecule is CC(C)COC1CC2(CCN(Cc3cnn(C)c3)CC2)C1. The molecule has 0 N–H and O–H groups in total. The molecule has 3 rings (SSSR count). The molecule has 1 aliphatic heterocycles. The Balaban J connectivity index is 1.40. The monoisotopic (exact) mass is 291 g/mol. The summed E-state index contributed by atoms with van der Waals surface area (Å²) < 4.78 is 7.86. The molecule has 1 aliphatic carbocycles. The maximum atomic E-state index is 5.97. The van der Waals surface area contributed by atoms with Crippen molar-refractivity contribution >= 4 is 0 Å². The van der Waals surface area contributed by atoms with E-state index in [1.807, 2.05) is 17.9 Å². The van der Waals surface area contributed by atoms with Crippen molar-refractivity contribution in [2.24, 2.45) is 18.4 Å². The van der Waals surface area contributed by atoms with E-state index in [9.17, 15) is 0 Å². The lowest BCUT2D eigenvalue weighted by atomic mass is 9.61. The molecule has 4 nitrogen and oxygen atoms in total. The van der Waals surface area contributed by atoms with E-state index in [0.717, 1.165) is 13.2 Å². The molecule has 118 valence electrons. The van der Waals surface area contributed by atoms with Crippen LogP contribution in [0.25, 0.3) is 0 Å². The fourth-order valence-electron chi connectivity index (χ4n) is 3.76. The Labute approximate surface area is 128 Å². The van der Waals surface area contributed by atoms with Crippen molar-refractivity contribution in [3.8, 4) is 0 Å². The highest BCUT2D eigenvalue weighted by atomic mass is 16.5. The Morgan fingerprint density at radius 1 is 1.33 bits per heavy atom. The molecule has 2 fully saturated rings. The van der Waals surface area contributed by atoms with Gasteiger partial charge in [0.2, 0.25) is 0 Å². The first kappa shape index (κ1) is 15.0. The van der Waals surface area contributed by atoms with Gasteiger partial charge in [0.15, 0.2) is 0 Å². The summed E-state index contributed by atoms with van der Waals surface area (Å²) >= 11 is 0. The lowest BCUT2D eigenvalue weighted by Crippen LogP contribution is -2.49. The van der Waals surface area contributed by atoms with Crippen LogP contribution in [0.5, 0.6) is 0 Å². The minimum atomic E-state index is 0.539. The van der Waals surface area contributed by atoms with Crippen LogP contribution in [0.3, 0.4) is 0 Å². The fraction of sp³-hybridized carbons (Fsp3) is 0.824. The number of likely N-dealkylation sites (tertiary alicyclic amines) is 1. The van der Waals surface area contributed by atoms with E-state index in [1.165, 1.54) is 44.3 Å². The number of hydrogen-bond acceptors (Lipinski definition) is 3. The Morgan fingerprint density at radius 3 is 2.62 bits per heavy atom. The van der Waals surface area contributed by atoms with E-state index in [2.05, 4.69) is 30.0 Å². The van der Waals surface area contributed by atoms with Crippen LogP contribution in [0.1, 0.15) is 45.1 Å². The number of hydrogen-bond donors (Lipinski definition) is 0. The van der Waals surface area contributed by atoms with Crippen molar-refractivity contribution in [1.29, 1.82) is 0 Å². The van der Waals surface area contributed by atoms with Crippen LogP contribution in [0, 0.1) is 11.3 Å². The van der Waals surface area contributed by atoms with E-state index in [1.54, 1.807) is 0 Å². The third-order valence-corrected chi connectivity index (χ3v) is 5.07. The van der Waals surface area contributed by atoms with Crippen molar-refractivity contribution in [2.75, 3.05) is 19.7 Å². The standard InChI is InChI=1S/C17H29N3O/c1-14(2)13-21-16-8-17(9-16)4-6-20(7-5-17)12-15-10-18-19(3)11-15/h10-11,14,16H,4-9,12-13H2,1-3H3. The first-order chi connectivity index (χ1) is 10.0. The van der Waals surface area contributed by atoms with E-state index < -0.39 is 0 Å². The van der Waals surface area contributed by atoms with Gasteiger partial charge in [0.05, 0.1) is 12.3 Å². The number of nitrogens with zero attached hydrogens (tertiary/aromatic N) is 3. The average Bonchev–Trinajstić information content (AvgIpc) is 2.81. The second kappa shape index (κ2) is 6.09. The van der Waals surface area contributed by atoms with Gasteiger partial charge in [-0.2, -0.15) is 5.10 Å². The Morgan fingerprint density at radius 2 is 2.05 bits per heavy atom. The highest BCUT2D eigenvalue weighted by Gasteiger charge is 2.46. The Kier molecular flexibility index (Phi) is 4.36. The average molecular weight is 291 g/mol. The molecule has 2 heterocycles. The molecular weight excluding hydrogens is 262 g/mol. The summed E-state index contributed by atoms with van der Waals surface area (Å²) in [4.78, 5) is 2.57. The second-order valence-corrected chi connectivity index (χ2v) is 7.56. The van der Waals surface area contributed by atoms with Crippen molar-refractivity contribution in [2.45, 2.75) is 52.2 Å². The summed E-state index contributed by atoms with van der Waals surface area (Å²) in [5.41, 5.74) is 1.94. The van der Waals surface area contributed by atoms with E-state index >= 15 is 0 Å². The quantitative estimate of drug-likeness (QED) is 0.835. The lowest BCUT2D eigenvalue weighted by molar-refractivity contribution is -0.110. The molecule has 0 radical (unpaired) electrons. The van der Waals surface area contributed by atoms with Crippen molar-refractivity contribution in [1.82, 2.24) is 14.7 Å². The van der Waals surface area contributed by atoms with Crippen LogP contribution < -0.4 is 0 Å². The highest BCUT2D eigenvalue weighted by Crippen LogP contribution is 2.50. The zero-order valence-corrected chi connectivity index (χ0v) is 13.7. The van der Waals surface area contributed by atoms with Crippen LogP contribution in [0.2, 0.25) is 0 Å². The maximum Gasteiger partial charge on any atom is 0.0585 e. The van der Waals surface area contributed by atoms with Gasteiger partial charge < -0.3 is 4.74 Å². The summed E-state index contributed by atoms with van der Waals surface area (Å²) in [6.45, 7) is 8.89. The smallest absolute Gasteiger partial charge is 0.0585 e.